The van der Waals surface area contributed by atoms with Crippen molar-refractivity contribution in [2.45, 2.75) is 24.5 Å². The summed E-state index contributed by atoms with van der Waals surface area (Å²) >= 11 is 11.9. The minimum absolute atomic E-state index is 0.354. The van der Waals surface area contributed by atoms with E-state index in [0.717, 1.165) is 0 Å². The highest BCUT2D eigenvalue weighted by molar-refractivity contribution is 6.42. The first kappa shape index (κ1) is 14.1. The lowest BCUT2D eigenvalue weighted by molar-refractivity contribution is -0.0508. The van der Waals surface area contributed by atoms with Gasteiger partial charge in [0.15, 0.2) is 6.23 Å². The Morgan fingerprint density at radius 2 is 1.90 bits per heavy atom. The number of hydrogen-bond acceptors (Lipinski definition) is 5. The number of ether oxygens (including phenoxy) is 1. The molecule has 20 heavy (non-hydrogen) atoms. The first-order chi connectivity index (χ1) is 9.52. The van der Waals surface area contributed by atoms with E-state index in [9.17, 15) is 10.2 Å². The van der Waals surface area contributed by atoms with Crippen molar-refractivity contribution in [2.75, 3.05) is 6.61 Å². The Labute approximate surface area is 124 Å². The Hall–Kier alpha value is -0.890. The SMILES string of the molecule is OC[C@H]1O[C@@H](n2cnc3cc(Cl)c(Cl)cc32)[C@H](O)[C@@H]1O. The Balaban J connectivity index is 2.05. The van der Waals surface area contributed by atoms with E-state index in [1.807, 2.05) is 0 Å². The largest absolute Gasteiger partial charge is 0.394 e. The van der Waals surface area contributed by atoms with Crippen molar-refractivity contribution in [2.24, 2.45) is 0 Å². The van der Waals surface area contributed by atoms with Crippen LogP contribution in [0.1, 0.15) is 6.23 Å². The summed E-state index contributed by atoms with van der Waals surface area (Å²) in [5.74, 6) is 0. The fraction of sp³-hybridized carbons (Fsp3) is 0.417. The number of aromatic nitrogens is 2. The quantitative estimate of drug-likeness (QED) is 0.767. The second kappa shape index (κ2) is 5.14. The number of hydrogen-bond donors (Lipinski definition) is 3. The second-order valence-corrected chi connectivity index (χ2v) is 5.45. The average molecular weight is 319 g/mol. The lowest BCUT2D eigenvalue weighted by Gasteiger charge is -2.17. The topological polar surface area (TPSA) is 87.7 Å². The van der Waals surface area contributed by atoms with Gasteiger partial charge in [-0.3, -0.25) is 0 Å². The minimum Gasteiger partial charge on any atom is -0.394 e. The Morgan fingerprint density at radius 1 is 1.20 bits per heavy atom. The number of imidazole rings is 1. The van der Waals surface area contributed by atoms with Gasteiger partial charge in [0.1, 0.15) is 18.3 Å². The third-order valence-electron chi connectivity index (χ3n) is 3.41. The molecule has 1 fully saturated rings. The predicted molar refractivity (Wildman–Crippen MR) is 72.8 cm³/mol. The molecular formula is C12H12Cl2N2O4. The highest BCUT2D eigenvalue weighted by atomic mass is 35.5. The summed E-state index contributed by atoms with van der Waals surface area (Å²) in [5, 5.41) is 29.6. The number of halogens is 2. The van der Waals surface area contributed by atoms with Gasteiger partial charge in [0.2, 0.25) is 0 Å². The molecule has 1 aromatic heterocycles. The van der Waals surface area contributed by atoms with Crippen LogP contribution in [-0.2, 0) is 4.74 Å². The van der Waals surface area contributed by atoms with E-state index in [4.69, 9.17) is 33.0 Å². The van der Waals surface area contributed by atoms with Crippen LogP contribution in [0.25, 0.3) is 11.0 Å². The summed E-state index contributed by atoms with van der Waals surface area (Å²) < 4.78 is 7.01. The van der Waals surface area contributed by atoms with Crippen molar-refractivity contribution < 1.29 is 20.1 Å². The van der Waals surface area contributed by atoms with Crippen molar-refractivity contribution in [1.29, 1.82) is 0 Å². The molecular weight excluding hydrogens is 307 g/mol. The first-order valence-electron chi connectivity index (χ1n) is 5.97. The van der Waals surface area contributed by atoms with Gasteiger partial charge in [0.25, 0.3) is 0 Å². The van der Waals surface area contributed by atoms with E-state index in [1.165, 1.54) is 6.33 Å². The highest BCUT2D eigenvalue weighted by Crippen LogP contribution is 2.34. The number of aliphatic hydroxyl groups is 3. The molecule has 1 aliphatic heterocycles. The lowest BCUT2D eigenvalue weighted by Crippen LogP contribution is -2.33. The summed E-state index contributed by atoms with van der Waals surface area (Å²) in [4.78, 5) is 4.16. The maximum Gasteiger partial charge on any atom is 0.164 e. The zero-order chi connectivity index (χ0) is 14.4. The van der Waals surface area contributed by atoms with E-state index in [-0.39, 0.29) is 6.61 Å². The number of benzene rings is 1. The normalized spacial score (nSPS) is 30.2. The predicted octanol–water partition coefficient (Wildman–Crippen LogP) is 0.955. The van der Waals surface area contributed by atoms with Crippen molar-refractivity contribution in [3.05, 3.63) is 28.5 Å². The molecule has 0 aliphatic carbocycles. The maximum absolute atomic E-state index is 10.0. The number of nitrogens with zero attached hydrogens (tertiary/aromatic N) is 2. The van der Waals surface area contributed by atoms with Crippen molar-refractivity contribution in [1.82, 2.24) is 9.55 Å². The minimum atomic E-state index is -1.17. The van der Waals surface area contributed by atoms with Crippen molar-refractivity contribution in [3.63, 3.8) is 0 Å². The molecule has 1 aromatic carbocycles. The van der Waals surface area contributed by atoms with Crippen molar-refractivity contribution >= 4 is 34.2 Å². The fourth-order valence-corrected chi connectivity index (χ4v) is 2.65. The second-order valence-electron chi connectivity index (χ2n) is 4.64. The molecule has 0 amide bonds. The molecule has 6 nitrogen and oxygen atoms in total. The van der Waals surface area contributed by atoms with E-state index < -0.39 is 24.5 Å². The molecule has 2 aromatic rings. The van der Waals surface area contributed by atoms with Gasteiger partial charge < -0.3 is 24.6 Å². The van der Waals surface area contributed by atoms with Crippen LogP contribution in [0.4, 0.5) is 0 Å². The lowest BCUT2D eigenvalue weighted by atomic mass is 10.1. The van der Waals surface area contributed by atoms with Gasteiger partial charge in [-0.2, -0.15) is 0 Å². The molecule has 0 bridgehead atoms. The Bertz CT molecular complexity index is 648. The molecule has 1 saturated heterocycles. The van der Waals surface area contributed by atoms with Gasteiger partial charge in [0, 0.05) is 0 Å². The standard InChI is InChI=1S/C12H12Cl2N2O4/c13-5-1-7-8(2-6(5)14)16(4-15-7)12-11(19)10(18)9(3-17)20-12/h1-2,4,9-12,17-19H,3H2/t9-,10-,11-,12-/m1/s1. The molecule has 2 heterocycles. The highest BCUT2D eigenvalue weighted by Gasteiger charge is 2.43. The van der Waals surface area contributed by atoms with E-state index in [0.29, 0.717) is 21.1 Å². The Morgan fingerprint density at radius 3 is 2.55 bits per heavy atom. The summed E-state index contributed by atoms with van der Waals surface area (Å²) in [7, 11) is 0. The van der Waals surface area contributed by atoms with Crippen LogP contribution >= 0.6 is 23.2 Å². The number of rotatable bonds is 2. The molecule has 3 rings (SSSR count). The zero-order valence-corrected chi connectivity index (χ0v) is 11.7. The summed E-state index contributed by atoms with van der Waals surface area (Å²) in [6.07, 6.45) is -2.54. The summed E-state index contributed by atoms with van der Waals surface area (Å²) in [5.41, 5.74) is 1.21. The molecule has 0 unspecified atom stereocenters. The van der Waals surface area contributed by atoms with Gasteiger partial charge in [-0.15, -0.1) is 0 Å². The third kappa shape index (κ3) is 2.09. The maximum atomic E-state index is 10.0. The molecule has 1 aliphatic rings. The van der Waals surface area contributed by atoms with Crippen LogP contribution in [0.2, 0.25) is 10.0 Å². The smallest absolute Gasteiger partial charge is 0.164 e. The van der Waals surface area contributed by atoms with Crippen LogP contribution in [0.5, 0.6) is 0 Å². The summed E-state index contributed by atoms with van der Waals surface area (Å²) in [6, 6.07) is 3.22. The van der Waals surface area contributed by atoms with Gasteiger partial charge in [-0.1, -0.05) is 23.2 Å². The van der Waals surface area contributed by atoms with Gasteiger partial charge >= 0.3 is 0 Å². The molecule has 0 radical (unpaired) electrons. The van der Waals surface area contributed by atoms with E-state index in [1.54, 1.807) is 16.7 Å². The molecule has 3 N–H and O–H groups in total. The summed E-state index contributed by atoms with van der Waals surface area (Å²) in [6.45, 7) is -0.381. The van der Waals surface area contributed by atoms with Crippen LogP contribution in [0, 0.1) is 0 Å². The van der Waals surface area contributed by atoms with E-state index in [2.05, 4.69) is 4.98 Å². The van der Waals surface area contributed by atoms with Crippen LogP contribution < -0.4 is 0 Å². The number of fused-ring (bicyclic) bond motifs is 1. The Kier molecular flexibility index (Phi) is 3.62. The van der Waals surface area contributed by atoms with Crippen molar-refractivity contribution in [3.8, 4) is 0 Å². The van der Waals surface area contributed by atoms with Gasteiger partial charge in [0.05, 0.1) is 34.0 Å². The monoisotopic (exact) mass is 318 g/mol. The van der Waals surface area contributed by atoms with Crippen LogP contribution in [0.3, 0.4) is 0 Å². The molecule has 8 heteroatoms. The average Bonchev–Trinajstić information content (AvgIpc) is 2.94. The fourth-order valence-electron chi connectivity index (χ4n) is 2.34. The molecule has 0 spiro atoms. The van der Waals surface area contributed by atoms with Crippen LogP contribution in [-0.4, -0.2) is 49.8 Å². The molecule has 4 atom stereocenters. The third-order valence-corrected chi connectivity index (χ3v) is 4.13. The van der Waals surface area contributed by atoms with Gasteiger partial charge in [-0.05, 0) is 12.1 Å². The molecule has 0 saturated carbocycles. The first-order valence-corrected chi connectivity index (χ1v) is 6.72. The van der Waals surface area contributed by atoms with Gasteiger partial charge in [-0.25, -0.2) is 4.98 Å². The zero-order valence-electron chi connectivity index (χ0n) is 10.1. The van der Waals surface area contributed by atoms with E-state index >= 15 is 0 Å². The molecule has 108 valence electrons. The van der Waals surface area contributed by atoms with Crippen LogP contribution in [0.15, 0.2) is 18.5 Å². The number of aliphatic hydroxyl groups excluding tert-OH is 3.